The van der Waals surface area contributed by atoms with Gasteiger partial charge in [0.15, 0.2) is 15.6 Å². The zero-order valence-corrected chi connectivity index (χ0v) is 20.7. The Labute approximate surface area is 204 Å². The molecule has 2 aliphatic heterocycles. The molecular formula is C25H30FN3O5S. The predicted molar refractivity (Wildman–Crippen MR) is 132 cm³/mol. The molecule has 0 aliphatic carbocycles. The normalized spacial score (nSPS) is 19.1. The fourth-order valence-electron chi connectivity index (χ4n) is 4.67. The number of Topliss-reactive ketones (excluding diaryl/α,β-unsaturated/α-hetero) is 1. The minimum atomic E-state index is -3.52. The van der Waals surface area contributed by atoms with Crippen LogP contribution in [0.4, 0.5) is 15.8 Å². The summed E-state index contributed by atoms with van der Waals surface area (Å²) in [4.78, 5) is 30.5. The van der Waals surface area contributed by atoms with Crippen molar-refractivity contribution in [1.29, 1.82) is 0 Å². The van der Waals surface area contributed by atoms with Crippen LogP contribution in [0.5, 0.6) is 0 Å². The van der Waals surface area contributed by atoms with Crippen LogP contribution in [-0.2, 0) is 9.84 Å². The number of amides is 1. The Kier molecular flexibility index (Phi) is 7.14. The summed E-state index contributed by atoms with van der Waals surface area (Å²) in [6, 6.07) is 8.95. The lowest BCUT2D eigenvalue weighted by Crippen LogP contribution is -2.49. The molecule has 188 valence electrons. The van der Waals surface area contributed by atoms with E-state index in [9.17, 15) is 27.5 Å². The summed E-state index contributed by atoms with van der Waals surface area (Å²) in [6.07, 6.45) is 2.06. The number of ketones is 1. The predicted octanol–water partition coefficient (Wildman–Crippen LogP) is 2.36. The Morgan fingerprint density at radius 3 is 2.26 bits per heavy atom. The lowest BCUT2D eigenvalue weighted by atomic mass is 10.0. The second-order valence-corrected chi connectivity index (χ2v) is 11.2. The molecule has 10 heteroatoms. The van der Waals surface area contributed by atoms with Crippen molar-refractivity contribution in [3.05, 3.63) is 53.3 Å². The number of nitrogens with zero attached hydrogens (tertiary/aromatic N) is 3. The molecule has 0 spiro atoms. The molecule has 0 radical (unpaired) electrons. The maximum Gasteiger partial charge on any atom is 0.256 e. The first-order valence-corrected chi connectivity index (χ1v) is 13.6. The van der Waals surface area contributed by atoms with Gasteiger partial charge in [-0.25, -0.2) is 12.8 Å². The van der Waals surface area contributed by atoms with Gasteiger partial charge in [-0.3, -0.25) is 9.59 Å². The van der Waals surface area contributed by atoms with Gasteiger partial charge in [0.25, 0.3) is 5.91 Å². The van der Waals surface area contributed by atoms with E-state index >= 15 is 0 Å². The van der Waals surface area contributed by atoms with Crippen molar-refractivity contribution in [1.82, 2.24) is 4.90 Å². The van der Waals surface area contributed by atoms with Crippen LogP contribution in [0.15, 0.2) is 41.3 Å². The largest absolute Gasteiger partial charge is 0.391 e. The first-order chi connectivity index (χ1) is 16.5. The summed E-state index contributed by atoms with van der Waals surface area (Å²) in [5.74, 6) is -0.985. The smallest absolute Gasteiger partial charge is 0.256 e. The SMILES string of the molecule is CC(=O)c1ccc(N2CCN(C(=O)c3cc(S(C)(=O)=O)ccc3N3CCCC(O)C3)CC2)c(F)c1. The summed E-state index contributed by atoms with van der Waals surface area (Å²) < 4.78 is 39.0. The lowest BCUT2D eigenvalue weighted by molar-refractivity contribution is 0.0746. The van der Waals surface area contributed by atoms with E-state index in [-0.39, 0.29) is 22.1 Å². The van der Waals surface area contributed by atoms with Crippen LogP contribution in [0.1, 0.15) is 40.5 Å². The van der Waals surface area contributed by atoms with Crippen molar-refractivity contribution in [2.24, 2.45) is 0 Å². The molecule has 1 unspecified atom stereocenters. The number of rotatable bonds is 5. The quantitative estimate of drug-likeness (QED) is 0.626. The average Bonchev–Trinajstić information content (AvgIpc) is 2.82. The fourth-order valence-corrected chi connectivity index (χ4v) is 5.32. The standard InChI is InChI=1S/C25H30FN3O5S/c1-17(30)18-5-7-24(22(26)14-18)27-10-12-28(13-11-27)25(32)21-15-20(35(2,33)34)6-8-23(21)29-9-3-4-19(31)16-29/h5-8,14-15,19,31H,3-4,9-13,16H2,1-2H3. The van der Waals surface area contributed by atoms with E-state index in [1.54, 1.807) is 23.1 Å². The Bertz CT molecular complexity index is 1240. The van der Waals surface area contributed by atoms with Crippen molar-refractivity contribution in [3.8, 4) is 0 Å². The highest BCUT2D eigenvalue weighted by molar-refractivity contribution is 7.90. The molecule has 2 aromatic carbocycles. The maximum atomic E-state index is 14.6. The number of β-amino-alcohol motifs (C(OH)–C–C–N with tert-alkyl or cyclic N) is 1. The molecule has 0 saturated carbocycles. The number of carbonyl (C=O) groups excluding carboxylic acids is 2. The van der Waals surface area contributed by atoms with Gasteiger partial charge in [-0.2, -0.15) is 0 Å². The van der Waals surface area contributed by atoms with Crippen LogP contribution in [0.25, 0.3) is 0 Å². The molecule has 2 saturated heterocycles. The minimum Gasteiger partial charge on any atom is -0.391 e. The van der Waals surface area contributed by atoms with E-state index in [4.69, 9.17) is 0 Å². The van der Waals surface area contributed by atoms with Gasteiger partial charge in [-0.1, -0.05) is 0 Å². The average molecular weight is 504 g/mol. The number of aliphatic hydroxyl groups excluding tert-OH is 1. The minimum absolute atomic E-state index is 0.0634. The number of aliphatic hydroxyl groups is 1. The molecule has 35 heavy (non-hydrogen) atoms. The first kappa shape index (κ1) is 25.1. The molecule has 2 aliphatic rings. The number of benzene rings is 2. The van der Waals surface area contributed by atoms with Crippen molar-refractivity contribution in [3.63, 3.8) is 0 Å². The summed E-state index contributed by atoms with van der Waals surface area (Å²) in [7, 11) is -3.52. The van der Waals surface area contributed by atoms with Crippen molar-refractivity contribution in [2.75, 3.05) is 55.3 Å². The van der Waals surface area contributed by atoms with Gasteiger partial charge in [0.1, 0.15) is 5.82 Å². The van der Waals surface area contributed by atoms with E-state index in [0.717, 1.165) is 12.7 Å². The maximum absolute atomic E-state index is 14.6. The Balaban J connectivity index is 1.56. The molecule has 2 heterocycles. The first-order valence-electron chi connectivity index (χ1n) is 11.7. The molecule has 1 atom stereocenters. The molecule has 1 amide bonds. The zero-order valence-electron chi connectivity index (χ0n) is 19.9. The van der Waals surface area contributed by atoms with Crippen molar-refractivity contribution in [2.45, 2.75) is 30.8 Å². The summed E-state index contributed by atoms with van der Waals surface area (Å²) in [6.45, 7) is 3.88. The molecule has 0 aromatic heterocycles. The van der Waals surface area contributed by atoms with Gasteiger partial charge in [0.05, 0.1) is 22.3 Å². The zero-order chi connectivity index (χ0) is 25.3. The summed E-state index contributed by atoms with van der Waals surface area (Å²) in [5, 5.41) is 10.1. The van der Waals surface area contributed by atoms with E-state index in [1.807, 2.05) is 9.80 Å². The number of hydrogen-bond acceptors (Lipinski definition) is 7. The van der Waals surface area contributed by atoms with Gasteiger partial charge in [0.2, 0.25) is 0 Å². The molecule has 2 fully saturated rings. The van der Waals surface area contributed by atoms with Crippen LogP contribution in [0.2, 0.25) is 0 Å². The van der Waals surface area contributed by atoms with Crippen LogP contribution in [0, 0.1) is 5.82 Å². The number of carbonyl (C=O) groups is 2. The number of anilines is 2. The third-order valence-electron chi connectivity index (χ3n) is 6.63. The number of hydrogen-bond donors (Lipinski definition) is 1. The molecule has 0 bridgehead atoms. The van der Waals surface area contributed by atoms with Crippen molar-refractivity contribution >= 4 is 32.9 Å². The molecule has 1 N–H and O–H groups in total. The van der Waals surface area contributed by atoms with Crippen molar-refractivity contribution < 1.29 is 27.5 Å². The van der Waals surface area contributed by atoms with Gasteiger partial charge < -0.3 is 19.8 Å². The Morgan fingerprint density at radius 2 is 1.66 bits per heavy atom. The second-order valence-electron chi connectivity index (χ2n) is 9.19. The van der Waals surface area contributed by atoms with Gasteiger partial charge in [0, 0.05) is 56.8 Å². The third kappa shape index (κ3) is 5.48. The molecule has 2 aromatic rings. The van der Waals surface area contributed by atoms with Gasteiger partial charge in [-0.05, 0) is 56.2 Å². The van der Waals surface area contributed by atoms with E-state index in [1.165, 1.54) is 25.1 Å². The topological polar surface area (TPSA) is 98.2 Å². The number of piperidine rings is 1. The van der Waals surface area contributed by atoms with Crippen LogP contribution >= 0.6 is 0 Å². The second kappa shape index (κ2) is 9.94. The van der Waals surface area contributed by atoms with E-state index < -0.39 is 21.8 Å². The van der Waals surface area contributed by atoms with Crippen LogP contribution < -0.4 is 9.80 Å². The summed E-state index contributed by atoms with van der Waals surface area (Å²) in [5.41, 5.74) is 1.58. The number of piperazine rings is 1. The molecular weight excluding hydrogens is 473 g/mol. The van der Waals surface area contributed by atoms with Gasteiger partial charge in [-0.15, -0.1) is 0 Å². The molecule has 8 nitrogen and oxygen atoms in total. The lowest BCUT2D eigenvalue weighted by Gasteiger charge is -2.38. The van der Waals surface area contributed by atoms with E-state index in [2.05, 4.69) is 0 Å². The number of sulfone groups is 1. The summed E-state index contributed by atoms with van der Waals surface area (Å²) >= 11 is 0. The van der Waals surface area contributed by atoms with Crippen LogP contribution in [-0.4, -0.2) is 81.7 Å². The monoisotopic (exact) mass is 503 g/mol. The third-order valence-corrected chi connectivity index (χ3v) is 7.74. The highest BCUT2D eigenvalue weighted by atomic mass is 32.2. The highest BCUT2D eigenvalue weighted by Crippen LogP contribution is 2.29. The van der Waals surface area contributed by atoms with Gasteiger partial charge >= 0.3 is 0 Å². The number of halogens is 1. The van der Waals surface area contributed by atoms with E-state index in [0.29, 0.717) is 62.6 Å². The molecule has 4 rings (SSSR count). The Hall–Kier alpha value is -2.98. The van der Waals surface area contributed by atoms with Crippen LogP contribution in [0.3, 0.4) is 0 Å². The Morgan fingerprint density at radius 1 is 0.971 bits per heavy atom. The fraction of sp³-hybridized carbons (Fsp3) is 0.440. The highest BCUT2D eigenvalue weighted by Gasteiger charge is 2.29.